The van der Waals surface area contributed by atoms with E-state index in [4.69, 9.17) is 4.74 Å². The number of nitrogens with zero attached hydrogens (tertiary/aromatic N) is 4. The molecule has 0 aromatic carbocycles. The third-order valence-corrected chi connectivity index (χ3v) is 6.65. The van der Waals surface area contributed by atoms with Gasteiger partial charge in [0.1, 0.15) is 11.7 Å². The first-order chi connectivity index (χ1) is 13.6. The Labute approximate surface area is 165 Å². The van der Waals surface area contributed by atoms with Gasteiger partial charge in [-0.1, -0.05) is 0 Å². The van der Waals surface area contributed by atoms with Crippen LogP contribution in [0.25, 0.3) is 0 Å². The minimum atomic E-state index is -4.90. The van der Waals surface area contributed by atoms with Crippen LogP contribution in [0.4, 0.5) is 18.9 Å². The van der Waals surface area contributed by atoms with Gasteiger partial charge in [-0.05, 0) is 31.4 Å². The first kappa shape index (κ1) is 21.7. The van der Waals surface area contributed by atoms with Crippen molar-refractivity contribution in [3.8, 4) is 0 Å². The van der Waals surface area contributed by atoms with Gasteiger partial charge in [-0.3, -0.25) is 4.79 Å². The van der Waals surface area contributed by atoms with Crippen molar-refractivity contribution >= 4 is 21.9 Å². The molecule has 3 rings (SSSR count). The smallest absolute Gasteiger partial charge is 0.435 e. The number of carboxylic acids is 1. The molecule has 2 aliphatic rings. The zero-order valence-corrected chi connectivity index (χ0v) is 16.2. The van der Waals surface area contributed by atoms with Crippen LogP contribution in [0.15, 0.2) is 18.3 Å². The Morgan fingerprint density at radius 3 is 2.55 bits per heavy atom. The summed E-state index contributed by atoms with van der Waals surface area (Å²) in [4.78, 5) is 15.0. The summed E-state index contributed by atoms with van der Waals surface area (Å²) in [6.07, 6.45) is -2.95. The second kappa shape index (κ2) is 8.42. The van der Waals surface area contributed by atoms with Crippen molar-refractivity contribution in [2.75, 3.05) is 37.3 Å². The molecule has 0 spiro atoms. The number of anilines is 1. The Balaban J connectivity index is 2.13. The SMILES string of the molecule is O=C(O)[C@@H]1CCCCN1S(=O)(=O)N(c1cccnc1C(F)(F)F)N1CCOCC1. The first-order valence-corrected chi connectivity index (χ1v) is 10.4. The van der Waals surface area contributed by atoms with E-state index >= 15 is 0 Å². The fourth-order valence-electron chi connectivity index (χ4n) is 3.45. The molecule has 0 bridgehead atoms. The fraction of sp³-hybridized carbons (Fsp3) is 0.625. The lowest BCUT2D eigenvalue weighted by atomic mass is 10.1. The van der Waals surface area contributed by atoms with Crippen molar-refractivity contribution < 1.29 is 36.2 Å². The predicted octanol–water partition coefficient (Wildman–Crippen LogP) is 1.34. The molecule has 29 heavy (non-hydrogen) atoms. The van der Waals surface area contributed by atoms with Crippen LogP contribution in [0.1, 0.15) is 25.0 Å². The predicted molar refractivity (Wildman–Crippen MR) is 95.0 cm³/mol. The van der Waals surface area contributed by atoms with Crippen molar-refractivity contribution in [1.82, 2.24) is 14.3 Å². The van der Waals surface area contributed by atoms with Gasteiger partial charge in [-0.15, -0.1) is 0 Å². The monoisotopic (exact) mass is 438 g/mol. The number of pyridine rings is 1. The van der Waals surface area contributed by atoms with Crippen LogP contribution in [0.3, 0.4) is 0 Å². The molecule has 1 atom stereocenters. The van der Waals surface area contributed by atoms with Crippen LogP contribution < -0.4 is 4.41 Å². The van der Waals surface area contributed by atoms with E-state index in [1.54, 1.807) is 0 Å². The lowest BCUT2D eigenvalue weighted by Crippen LogP contribution is -2.60. The highest BCUT2D eigenvalue weighted by Crippen LogP contribution is 2.38. The van der Waals surface area contributed by atoms with E-state index in [1.807, 2.05) is 0 Å². The topological polar surface area (TPSA) is 103 Å². The zero-order valence-electron chi connectivity index (χ0n) is 15.4. The van der Waals surface area contributed by atoms with E-state index in [1.165, 1.54) is 11.1 Å². The molecule has 2 saturated heterocycles. The van der Waals surface area contributed by atoms with Crippen molar-refractivity contribution in [2.45, 2.75) is 31.5 Å². The summed E-state index contributed by atoms with van der Waals surface area (Å²) >= 11 is 0. The van der Waals surface area contributed by atoms with E-state index in [-0.39, 0.29) is 39.3 Å². The van der Waals surface area contributed by atoms with Gasteiger partial charge in [0.05, 0.1) is 13.2 Å². The van der Waals surface area contributed by atoms with E-state index in [9.17, 15) is 31.5 Å². The number of piperidine rings is 1. The maximum atomic E-state index is 13.6. The van der Waals surface area contributed by atoms with Gasteiger partial charge in [0, 0.05) is 25.8 Å². The van der Waals surface area contributed by atoms with Gasteiger partial charge < -0.3 is 9.84 Å². The summed E-state index contributed by atoms with van der Waals surface area (Å²) in [5.74, 6) is -1.34. The summed E-state index contributed by atoms with van der Waals surface area (Å²) in [6.45, 7) is 0.196. The number of carboxylic acid groups (broad SMARTS) is 1. The minimum Gasteiger partial charge on any atom is -0.480 e. The molecule has 0 unspecified atom stereocenters. The highest BCUT2D eigenvalue weighted by atomic mass is 32.2. The highest BCUT2D eigenvalue weighted by molar-refractivity contribution is 7.90. The third-order valence-electron chi connectivity index (χ3n) is 4.76. The standard InChI is InChI=1S/C16H21F3N4O5S/c17-16(18,19)14-12(5-3-6-20-14)23(21-8-10-28-11-9-21)29(26,27)22-7-2-1-4-13(22)15(24)25/h3,5-6,13H,1-2,4,7-11H2,(H,24,25)/t13-/m0/s1. The van der Waals surface area contributed by atoms with Gasteiger partial charge in [0.2, 0.25) is 0 Å². The maximum Gasteiger partial charge on any atom is 0.435 e. The number of rotatable bonds is 5. The van der Waals surface area contributed by atoms with Crippen LogP contribution in [-0.4, -0.2) is 72.7 Å². The molecule has 1 N–H and O–H groups in total. The highest BCUT2D eigenvalue weighted by Gasteiger charge is 2.46. The second-order valence-corrected chi connectivity index (χ2v) is 8.36. The second-order valence-electron chi connectivity index (χ2n) is 6.65. The molecule has 0 amide bonds. The number of alkyl halides is 3. The molecule has 1 aromatic heterocycles. The molecule has 2 fully saturated rings. The zero-order chi connectivity index (χ0) is 21.2. The van der Waals surface area contributed by atoms with Crippen molar-refractivity contribution in [3.05, 3.63) is 24.0 Å². The van der Waals surface area contributed by atoms with E-state index in [2.05, 4.69) is 4.98 Å². The lowest BCUT2D eigenvalue weighted by molar-refractivity contribution is -0.143. The molecular weight excluding hydrogens is 417 g/mol. The molecular formula is C16H21F3N4O5S. The van der Waals surface area contributed by atoms with E-state index < -0.39 is 39.8 Å². The number of morpholine rings is 1. The Morgan fingerprint density at radius 2 is 1.93 bits per heavy atom. The summed E-state index contributed by atoms with van der Waals surface area (Å²) < 4.78 is 74.2. The molecule has 0 radical (unpaired) electrons. The van der Waals surface area contributed by atoms with Crippen LogP contribution in [0, 0.1) is 0 Å². The molecule has 13 heteroatoms. The van der Waals surface area contributed by atoms with Crippen molar-refractivity contribution in [1.29, 1.82) is 0 Å². The Hall–Kier alpha value is -1.96. The molecule has 3 heterocycles. The van der Waals surface area contributed by atoms with Gasteiger partial charge in [0.15, 0.2) is 5.69 Å². The van der Waals surface area contributed by atoms with Gasteiger partial charge in [-0.2, -0.15) is 30.3 Å². The molecule has 0 aliphatic carbocycles. The lowest BCUT2D eigenvalue weighted by Gasteiger charge is -2.42. The van der Waals surface area contributed by atoms with Crippen molar-refractivity contribution in [3.63, 3.8) is 0 Å². The summed E-state index contributed by atoms with van der Waals surface area (Å²) in [7, 11) is -4.64. The first-order valence-electron chi connectivity index (χ1n) is 9.04. The number of aromatic nitrogens is 1. The number of aliphatic carboxylic acids is 1. The number of halogens is 3. The summed E-state index contributed by atoms with van der Waals surface area (Å²) in [5.41, 5.74) is -2.03. The Bertz CT molecular complexity index is 845. The Kier molecular flexibility index (Phi) is 6.31. The quantitative estimate of drug-likeness (QED) is 0.740. The van der Waals surface area contributed by atoms with Crippen LogP contribution in [0.5, 0.6) is 0 Å². The molecule has 1 aromatic rings. The fourth-order valence-corrected chi connectivity index (χ4v) is 5.38. The average molecular weight is 438 g/mol. The Morgan fingerprint density at radius 1 is 1.24 bits per heavy atom. The molecule has 9 nitrogen and oxygen atoms in total. The summed E-state index contributed by atoms with van der Waals surface area (Å²) in [5, 5.41) is 10.7. The van der Waals surface area contributed by atoms with Gasteiger partial charge in [0.25, 0.3) is 0 Å². The maximum absolute atomic E-state index is 13.6. The van der Waals surface area contributed by atoms with Crippen LogP contribution >= 0.6 is 0 Å². The van der Waals surface area contributed by atoms with Crippen molar-refractivity contribution in [2.24, 2.45) is 0 Å². The number of hydrogen-bond acceptors (Lipinski definition) is 6. The minimum absolute atomic E-state index is 0.0248. The average Bonchev–Trinajstić information content (AvgIpc) is 2.68. The summed E-state index contributed by atoms with van der Waals surface area (Å²) in [6, 6.07) is 0.879. The number of hydrogen-bond donors (Lipinski definition) is 1. The molecule has 162 valence electrons. The van der Waals surface area contributed by atoms with Crippen LogP contribution in [-0.2, 0) is 25.9 Å². The van der Waals surface area contributed by atoms with Gasteiger partial charge in [-0.25, -0.2) is 9.99 Å². The normalized spacial score (nSPS) is 22.4. The number of ether oxygens (including phenoxy) is 1. The molecule has 2 aliphatic heterocycles. The van der Waals surface area contributed by atoms with E-state index in [0.717, 1.165) is 16.6 Å². The molecule has 0 saturated carbocycles. The largest absolute Gasteiger partial charge is 0.480 e. The van der Waals surface area contributed by atoms with Crippen LogP contribution in [0.2, 0.25) is 0 Å². The van der Waals surface area contributed by atoms with Gasteiger partial charge >= 0.3 is 22.4 Å². The number of hydrazine groups is 1. The number of carbonyl (C=O) groups is 1. The third kappa shape index (κ3) is 4.47. The van der Waals surface area contributed by atoms with E-state index in [0.29, 0.717) is 17.3 Å².